The first-order chi connectivity index (χ1) is 9.06. The van der Waals surface area contributed by atoms with Crippen LogP contribution >= 0.6 is 0 Å². The van der Waals surface area contributed by atoms with Crippen molar-refractivity contribution in [2.24, 2.45) is 0 Å². The van der Waals surface area contributed by atoms with Gasteiger partial charge in [0.15, 0.2) is 11.3 Å². The van der Waals surface area contributed by atoms with Crippen LogP contribution in [0.5, 0.6) is 0 Å². The van der Waals surface area contributed by atoms with Crippen LogP contribution in [0.2, 0.25) is 0 Å². The van der Waals surface area contributed by atoms with E-state index in [1.165, 1.54) is 0 Å². The van der Waals surface area contributed by atoms with Gasteiger partial charge in [0.25, 0.3) is 5.82 Å². The fourth-order valence-electron chi connectivity index (χ4n) is 2.31. The van der Waals surface area contributed by atoms with Gasteiger partial charge in [-0.2, -0.15) is 5.26 Å². The molecule has 1 saturated heterocycles. The highest BCUT2D eigenvalue weighted by Gasteiger charge is 2.31. The van der Waals surface area contributed by atoms with Gasteiger partial charge in [0.2, 0.25) is 0 Å². The lowest BCUT2D eigenvalue weighted by Crippen LogP contribution is -2.40. The maximum absolute atomic E-state index is 11.0. The number of ether oxygens (including phenoxy) is 1. The van der Waals surface area contributed by atoms with Gasteiger partial charge in [-0.1, -0.05) is 0 Å². The van der Waals surface area contributed by atoms with Crippen molar-refractivity contribution in [1.82, 2.24) is 0 Å². The van der Waals surface area contributed by atoms with Crippen LogP contribution in [0.4, 0.5) is 11.5 Å². The van der Waals surface area contributed by atoms with Gasteiger partial charge in [0.05, 0.1) is 23.7 Å². The normalized spacial score (nSPS) is 15.1. The number of aryl methyl sites for hydroxylation is 1. The number of pyridine rings is 1. The summed E-state index contributed by atoms with van der Waals surface area (Å²) in [6.07, 6.45) is 0. The molecule has 1 fully saturated rings. The molecule has 1 aromatic rings. The average molecular weight is 263 g/mol. The predicted molar refractivity (Wildman–Crippen MR) is 66.9 cm³/mol. The maximum atomic E-state index is 11.0. The topological polar surface area (TPSA) is 93.5 Å². The van der Waals surface area contributed by atoms with Crippen LogP contribution in [0.25, 0.3) is 0 Å². The van der Waals surface area contributed by atoms with E-state index in [0.717, 1.165) is 0 Å². The number of hydrogen-bond acceptors (Lipinski definition) is 5. The molecule has 0 unspecified atom stereocenters. The Morgan fingerprint density at radius 3 is 2.58 bits per heavy atom. The molecule has 0 amide bonds. The van der Waals surface area contributed by atoms with Gasteiger partial charge in [0, 0.05) is 6.92 Å². The summed E-state index contributed by atoms with van der Waals surface area (Å²) >= 11 is 0. The number of nitro groups is 1. The standard InChI is InChI=1S/C12H14N4O3/c1-8-10(7-13)12(15-3-5-19-6-4-15)14-9(2)11(8)16(17)18/h3-6H2,1-2H3/p+1. The second kappa shape index (κ2) is 5.20. The lowest BCUT2D eigenvalue weighted by atomic mass is 10.1. The number of anilines is 1. The molecule has 2 rings (SSSR count). The molecule has 19 heavy (non-hydrogen) atoms. The van der Waals surface area contributed by atoms with E-state index in [9.17, 15) is 15.4 Å². The highest BCUT2D eigenvalue weighted by atomic mass is 16.6. The fourth-order valence-corrected chi connectivity index (χ4v) is 2.31. The second-order valence-corrected chi connectivity index (χ2v) is 4.42. The average Bonchev–Trinajstić information content (AvgIpc) is 2.38. The largest absolute Gasteiger partial charge is 0.373 e. The molecule has 1 N–H and O–H groups in total. The summed E-state index contributed by atoms with van der Waals surface area (Å²) in [4.78, 5) is 15.6. The molecule has 1 aliphatic heterocycles. The highest BCUT2D eigenvalue weighted by molar-refractivity contribution is 5.61. The number of nitrogens with zero attached hydrogens (tertiary/aromatic N) is 3. The molecule has 7 heteroatoms. The number of H-pyrrole nitrogens is 1. The number of nitriles is 1. The molecule has 0 bridgehead atoms. The van der Waals surface area contributed by atoms with E-state index < -0.39 is 4.92 Å². The minimum atomic E-state index is -0.453. The summed E-state index contributed by atoms with van der Waals surface area (Å²) in [6, 6.07) is 2.07. The third-order valence-corrected chi connectivity index (χ3v) is 3.25. The summed E-state index contributed by atoms with van der Waals surface area (Å²) in [7, 11) is 0. The van der Waals surface area contributed by atoms with Crippen molar-refractivity contribution in [1.29, 1.82) is 5.26 Å². The number of nitrogens with one attached hydrogen (secondary N) is 1. The first-order valence-electron chi connectivity index (χ1n) is 6.00. The number of rotatable bonds is 2. The van der Waals surface area contributed by atoms with E-state index in [-0.39, 0.29) is 5.69 Å². The molecular formula is C12H15N4O3+. The molecule has 0 spiro atoms. The van der Waals surface area contributed by atoms with E-state index in [4.69, 9.17) is 4.74 Å². The van der Waals surface area contributed by atoms with Gasteiger partial charge < -0.3 is 4.74 Å². The highest BCUT2D eigenvalue weighted by Crippen LogP contribution is 2.28. The number of aromatic amines is 1. The summed E-state index contributed by atoms with van der Waals surface area (Å²) < 4.78 is 5.27. The van der Waals surface area contributed by atoms with Gasteiger partial charge >= 0.3 is 5.69 Å². The Morgan fingerprint density at radius 2 is 2.05 bits per heavy atom. The lowest BCUT2D eigenvalue weighted by Gasteiger charge is -2.22. The summed E-state index contributed by atoms with van der Waals surface area (Å²) in [5.74, 6) is 0.645. The van der Waals surface area contributed by atoms with Gasteiger partial charge in [0.1, 0.15) is 19.2 Å². The summed E-state index contributed by atoms with van der Waals surface area (Å²) in [6.45, 7) is 5.78. The second-order valence-electron chi connectivity index (χ2n) is 4.42. The molecule has 0 radical (unpaired) electrons. The Balaban J connectivity index is 2.56. The van der Waals surface area contributed by atoms with Gasteiger partial charge in [-0.05, 0) is 6.92 Å². The van der Waals surface area contributed by atoms with E-state index in [1.807, 2.05) is 4.90 Å². The molecule has 7 nitrogen and oxygen atoms in total. The third kappa shape index (κ3) is 2.35. The van der Waals surface area contributed by atoms with Crippen LogP contribution in [-0.2, 0) is 4.74 Å². The molecular weight excluding hydrogens is 248 g/mol. The van der Waals surface area contributed by atoms with Crippen molar-refractivity contribution >= 4 is 11.5 Å². The van der Waals surface area contributed by atoms with Crippen LogP contribution in [-0.4, -0.2) is 31.2 Å². The molecule has 0 aromatic carbocycles. The molecule has 0 saturated carbocycles. The zero-order valence-electron chi connectivity index (χ0n) is 10.9. The minimum Gasteiger partial charge on any atom is -0.373 e. The van der Waals surface area contributed by atoms with Crippen LogP contribution in [0.15, 0.2) is 0 Å². The van der Waals surface area contributed by atoms with Crippen molar-refractivity contribution in [3.05, 3.63) is 26.9 Å². The molecule has 2 heterocycles. The third-order valence-electron chi connectivity index (χ3n) is 3.25. The van der Waals surface area contributed by atoms with Crippen LogP contribution < -0.4 is 9.88 Å². The number of hydrogen-bond donors (Lipinski definition) is 0. The van der Waals surface area contributed by atoms with Gasteiger partial charge in [-0.3, -0.25) is 15.0 Å². The van der Waals surface area contributed by atoms with Crippen LogP contribution in [0.1, 0.15) is 16.8 Å². The Labute approximate surface area is 110 Å². The summed E-state index contributed by atoms with van der Waals surface area (Å²) in [5, 5.41) is 20.3. The number of aromatic nitrogens is 1. The Bertz CT molecular complexity index is 559. The lowest BCUT2D eigenvalue weighted by molar-refractivity contribution is -0.421. The maximum Gasteiger partial charge on any atom is 0.315 e. The number of morpholine rings is 1. The van der Waals surface area contributed by atoms with E-state index in [2.05, 4.69) is 11.1 Å². The van der Waals surface area contributed by atoms with Gasteiger partial charge in [-0.15, -0.1) is 0 Å². The van der Waals surface area contributed by atoms with Crippen molar-refractivity contribution in [3.8, 4) is 6.07 Å². The molecule has 100 valence electrons. The predicted octanol–water partition coefficient (Wildman–Crippen LogP) is 0.734. The molecule has 0 aliphatic carbocycles. The summed E-state index contributed by atoms with van der Waals surface area (Å²) in [5.41, 5.74) is 1.18. The zero-order valence-corrected chi connectivity index (χ0v) is 10.9. The molecule has 0 atom stereocenters. The van der Waals surface area contributed by atoms with Crippen LogP contribution in [0.3, 0.4) is 0 Å². The minimum absolute atomic E-state index is 0.0199. The van der Waals surface area contributed by atoms with E-state index in [0.29, 0.717) is 48.9 Å². The zero-order chi connectivity index (χ0) is 14.0. The first-order valence-corrected chi connectivity index (χ1v) is 6.00. The molecule has 1 aliphatic rings. The Morgan fingerprint density at radius 1 is 1.42 bits per heavy atom. The van der Waals surface area contributed by atoms with Crippen LogP contribution in [0, 0.1) is 35.3 Å². The van der Waals surface area contributed by atoms with E-state index in [1.54, 1.807) is 13.8 Å². The first kappa shape index (κ1) is 13.2. The fraction of sp³-hybridized carbons (Fsp3) is 0.500. The molecule has 1 aromatic heterocycles. The van der Waals surface area contributed by atoms with Gasteiger partial charge in [-0.25, -0.2) is 4.98 Å². The Kier molecular flexibility index (Phi) is 3.62. The quantitative estimate of drug-likeness (QED) is 0.579. The van der Waals surface area contributed by atoms with Crippen molar-refractivity contribution in [2.45, 2.75) is 13.8 Å². The van der Waals surface area contributed by atoms with Crippen molar-refractivity contribution in [2.75, 3.05) is 31.2 Å². The Hall–Kier alpha value is -2.20. The van der Waals surface area contributed by atoms with E-state index >= 15 is 0 Å². The SMILES string of the molecule is Cc1[nH+]c(N2CCOCC2)c(C#N)c(C)c1[N+](=O)[O-]. The van der Waals surface area contributed by atoms with Crippen molar-refractivity contribution in [3.63, 3.8) is 0 Å². The monoisotopic (exact) mass is 263 g/mol. The van der Waals surface area contributed by atoms with Crippen molar-refractivity contribution < 1.29 is 14.6 Å². The smallest absolute Gasteiger partial charge is 0.315 e.